The molecule has 0 bridgehead atoms. The topological polar surface area (TPSA) is 107 Å². The van der Waals surface area contributed by atoms with E-state index in [4.69, 9.17) is 15.2 Å². The molecular formula is C18H25BrN4O4. The van der Waals surface area contributed by atoms with Crippen molar-refractivity contribution in [2.24, 2.45) is 11.7 Å². The van der Waals surface area contributed by atoms with Crippen LogP contribution >= 0.6 is 15.9 Å². The highest BCUT2D eigenvalue weighted by Crippen LogP contribution is 2.40. The number of anilines is 1. The molecule has 3 rings (SSSR count). The quantitative estimate of drug-likeness (QED) is 0.703. The summed E-state index contributed by atoms with van der Waals surface area (Å²) in [5.74, 6) is 0.761. The predicted octanol–water partition coefficient (Wildman–Crippen LogP) is 2.45. The highest BCUT2D eigenvalue weighted by atomic mass is 79.9. The molecule has 1 aromatic heterocycles. The Morgan fingerprint density at radius 2 is 2.19 bits per heavy atom. The fourth-order valence-corrected chi connectivity index (χ4v) is 4.26. The molecule has 27 heavy (non-hydrogen) atoms. The lowest BCUT2D eigenvalue weighted by Gasteiger charge is -2.27. The van der Waals surface area contributed by atoms with Crippen LogP contribution in [-0.2, 0) is 4.74 Å². The summed E-state index contributed by atoms with van der Waals surface area (Å²) >= 11 is 3.52. The first-order valence-corrected chi connectivity index (χ1v) is 9.80. The molecule has 2 aliphatic rings. The van der Waals surface area contributed by atoms with Gasteiger partial charge in [-0.05, 0) is 48.5 Å². The number of hydrogen-bond acceptors (Lipinski definition) is 6. The molecule has 1 saturated carbocycles. The third kappa shape index (κ3) is 4.28. The van der Waals surface area contributed by atoms with Crippen molar-refractivity contribution < 1.29 is 19.1 Å². The van der Waals surface area contributed by atoms with E-state index in [0.717, 1.165) is 12.8 Å². The zero-order chi connectivity index (χ0) is 19.8. The molecule has 2 fully saturated rings. The Morgan fingerprint density at radius 3 is 2.78 bits per heavy atom. The van der Waals surface area contributed by atoms with E-state index in [0.29, 0.717) is 47.0 Å². The van der Waals surface area contributed by atoms with Gasteiger partial charge in [0.15, 0.2) is 0 Å². The Labute approximate surface area is 166 Å². The molecule has 1 aromatic rings. The fraction of sp³-hybridized carbons (Fsp3) is 0.611. The molecular weight excluding hydrogens is 416 g/mol. The van der Waals surface area contributed by atoms with Gasteiger partial charge in [-0.1, -0.05) is 0 Å². The van der Waals surface area contributed by atoms with Crippen LogP contribution in [0.15, 0.2) is 10.7 Å². The molecule has 3 N–H and O–H groups in total. The van der Waals surface area contributed by atoms with E-state index < -0.39 is 11.7 Å². The molecule has 0 aromatic carbocycles. The van der Waals surface area contributed by atoms with Crippen LogP contribution in [0.4, 0.5) is 10.5 Å². The second-order valence-corrected chi connectivity index (χ2v) is 8.28. The van der Waals surface area contributed by atoms with Gasteiger partial charge in [-0.2, -0.15) is 0 Å². The lowest BCUT2D eigenvalue weighted by atomic mass is 10.1. The number of nitrogens with two attached hydrogens (primary N) is 1. The van der Waals surface area contributed by atoms with Crippen molar-refractivity contribution in [2.45, 2.75) is 44.8 Å². The van der Waals surface area contributed by atoms with Gasteiger partial charge in [0.05, 0.1) is 24.9 Å². The summed E-state index contributed by atoms with van der Waals surface area (Å²) in [5.41, 5.74) is 5.63. The fourth-order valence-electron chi connectivity index (χ4n) is 3.53. The number of carbonyl (C=O) groups is 2. The maximum Gasteiger partial charge on any atom is 0.405 e. The number of ether oxygens (including phenoxy) is 2. The van der Waals surface area contributed by atoms with E-state index in [1.165, 1.54) is 13.3 Å². The molecule has 0 radical (unpaired) electrons. The minimum absolute atomic E-state index is 0.119. The van der Waals surface area contributed by atoms with Crippen molar-refractivity contribution in [2.75, 3.05) is 25.1 Å². The molecule has 2 heterocycles. The van der Waals surface area contributed by atoms with Crippen molar-refractivity contribution in [3.05, 3.63) is 16.2 Å². The lowest BCUT2D eigenvalue weighted by molar-refractivity contribution is 0.0480. The largest absolute Gasteiger partial charge is 0.480 e. The normalized spacial score (nSPS) is 23.0. The molecule has 1 aliphatic carbocycles. The second kappa shape index (κ2) is 7.53. The SMILES string of the molecule is COc1ncc(C(=O)NC(C)C2CC2)c(N2CC[C@](C)(OC(N)=O)C2)c1Br. The Balaban J connectivity index is 1.90. The number of hydrogen-bond donors (Lipinski definition) is 2. The van der Waals surface area contributed by atoms with Gasteiger partial charge in [-0.15, -0.1) is 0 Å². The maximum atomic E-state index is 12.9. The first-order chi connectivity index (χ1) is 12.7. The Kier molecular flexibility index (Phi) is 5.50. The summed E-state index contributed by atoms with van der Waals surface area (Å²) in [6.07, 6.45) is 3.62. The highest BCUT2D eigenvalue weighted by molar-refractivity contribution is 9.10. The highest BCUT2D eigenvalue weighted by Gasteiger charge is 2.40. The monoisotopic (exact) mass is 440 g/mol. The van der Waals surface area contributed by atoms with E-state index in [9.17, 15) is 9.59 Å². The standard InChI is InChI=1S/C18H25BrN4O4/c1-10(11-4-5-11)22-15(24)12-8-21-16(26-3)13(19)14(12)23-7-6-18(2,9-23)27-17(20)25/h8,10-11H,4-7,9H2,1-3H3,(H2,20,25)(H,22,24)/t10?,18-/m0/s1. The third-order valence-corrected chi connectivity index (χ3v) is 5.90. The maximum absolute atomic E-state index is 12.9. The van der Waals surface area contributed by atoms with E-state index in [1.54, 1.807) is 0 Å². The van der Waals surface area contributed by atoms with Gasteiger partial charge in [0.25, 0.3) is 5.91 Å². The van der Waals surface area contributed by atoms with Crippen LogP contribution in [-0.4, -0.2) is 48.8 Å². The van der Waals surface area contributed by atoms with Gasteiger partial charge in [0, 0.05) is 25.2 Å². The van der Waals surface area contributed by atoms with E-state index in [2.05, 4.69) is 26.2 Å². The molecule has 2 amide bonds. The number of amides is 2. The number of rotatable bonds is 6. The van der Waals surface area contributed by atoms with E-state index >= 15 is 0 Å². The van der Waals surface area contributed by atoms with Crippen molar-refractivity contribution in [1.82, 2.24) is 10.3 Å². The summed E-state index contributed by atoms with van der Waals surface area (Å²) in [5, 5.41) is 3.07. The average molecular weight is 441 g/mol. The van der Waals surface area contributed by atoms with E-state index in [-0.39, 0.29) is 11.9 Å². The zero-order valence-corrected chi connectivity index (χ0v) is 17.3. The number of primary amides is 1. The predicted molar refractivity (Wildman–Crippen MR) is 104 cm³/mol. The first kappa shape index (κ1) is 19.7. The molecule has 1 unspecified atom stereocenters. The molecule has 0 spiro atoms. The number of nitrogens with one attached hydrogen (secondary N) is 1. The van der Waals surface area contributed by atoms with Gasteiger partial charge in [-0.3, -0.25) is 4.79 Å². The third-order valence-electron chi connectivity index (χ3n) is 5.19. The minimum atomic E-state index is -0.804. The number of pyridine rings is 1. The number of carbonyl (C=O) groups excluding carboxylic acids is 2. The molecule has 1 saturated heterocycles. The zero-order valence-electron chi connectivity index (χ0n) is 15.8. The summed E-state index contributed by atoms with van der Waals surface area (Å²) in [4.78, 5) is 30.4. The van der Waals surface area contributed by atoms with Crippen molar-refractivity contribution in [1.29, 1.82) is 0 Å². The second-order valence-electron chi connectivity index (χ2n) is 7.49. The van der Waals surface area contributed by atoms with Crippen LogP contribution in [0.1, 0.15) is 43.5 Å². The van der Waals surface area contributed by atoms with Gasteiger partial charge in [-0.25, -0.2) is 9.78 Å². The van der Waals surface area contributed by atoms with Gasteiger partial charge < -0.3 is 25.4 Å². The summed E-state index contributed by atoms with van der Waals surface area (Å²) in [7, 11) is 1.52. The average Bonchev–Trinajstić information content (AvgIpc) is 3.37. The van der Waals surface area contributed by atoms with Crippen LogP contribution in [0.2, 0.25) is 0 Å². The van der Waals surface area contributed by atoms with Gasteiger partial charge >= 0.3 is 6.09 Å². The van der Waals surface area contributed by atoms with E-state index in [1.807, 2.05) is 18.7 Å². The van der Waals surface area contributed by atoms with Crippen molar-refractivity contribution in [3.63, 3.8) is 0 Å². The summed E-state index contributed by atoms with van der Waals surface area (Å²) < 4.78 is 11.2. The van der Waals surface area contributed by atoms with Crippen LogP contribution in [0.25, 0.3) is 0 Å². The molecule has 2 atom stereocenters. The van der Waals surface area contributed by atoms with Crippen LogP contribution in [0.5, 0.6) is 5.88 Å². The summed E-state index contributed by atoms with van der Waals surface area (Å²) in [6, 6.07) is 0.119. The number of nitrogens with zero attached hydrogens (tertiary/aromatic N) is 2. The van der Waals surface area contributed by atoms with Gasteiger partial charge in [0.1, 0.15) is 10.1 Å². The lowest BCUT2D eigenvalue weighted by Crippen LogP contribution is -2.38. The molecule has 148 valence electrons. The number of halogens is 1. The summed E-state index contributed by atoms with van der Waals surface area (Å²) in [6.45, 7) is 4.88. The Hall–Kier alpha value is -2.03. The Bertz CT molecular complexity index is 755. The number of aromatic nitrogens is 1. The van der Waals surface area contributed by atoms with Crippen LogP contribution in [0, 0.1) is 5.92 Å². The molecule has 1 aliphatic heterocycles. The van der Waals surface area contributed by atoms with Crippen molar-refractivity contribution in [3.8, 4) is 5.88 Å². The van der Waals surface area contributed by atoms with Crippen LogP contribution in [0.3, 0.4) is 0 Å². The van der Waals surface area contributed by atoms with Gasteiger partial charge in [0.2, 0.25) is 5.88 Å². The first-order valence-electron chi connectivity index (χ1n) is 9.01. The molecule has 9 heteroatoms. The van der Waals surface area contributed by atoms with Crippen molar-refractivity contribution >= 4 is 33.6 Å². The molecule has 8 nitrogen and oxygen atoms in total. The number of methoxy groups -OCH3 is 1. The minimum Gasteiger partial charge on any atom is -0.480 e. The smallest absolute Gasteiger partial charge is 0.405 e. The Morgan fingerprint density at radius 1 is 1.48 bits per heavy atom. The van der Waals surface area contributed by atoms with Crippen LogP contribution < -0.4 is 20.7 Å².